The van der Waals surface area contributed by atoms with Crippen LogP contribution in [0.15, 0.2) is 18.2 Å². The Balaban J connectivity index is 0.00000161. The topological polar surface area (TPSA) is 41.1 Å². The first-order valence-electron chi connectivity index (χ1n) is 7.09. The summed E-state index contributed by atoms with van der Waals surface area (Å²) in [6.07, 6.45) is 4.20. The molecule has 0 spiro atoms. The Hall–Kier alpha value is -0.840. The van der Waals surface area contributed by atoms with E-state index in [-0.39, 0.29) is 29.4 Å². The van der Waals surface area contributed by atoms with E-state index in [0.717, 1.165) is 25.8 Å². The van der Waals surface area contributed by atoms with Gasteiger partial charge in [0, 0.05) is 11.6 Å². The van der Waals surface area contributed by atoms with Gasteiger partial charge < -0.3 is 10.6 Å². The number of carbonyl (C=O) groups excluding carboxylic acids is 1. The second-order valence-electron chi connectivity index (χ2n) is 5.81. The maximum Gasteiger partial charge on any atom is 0.232 e. The van der Waals surface area contributed by atoms with E-state index < -0.39 is 5.82 Å². The van der Waals surface area contributed by atoms with Crippen molar-refractivity contribution in [3.05, 3.63) is 29.0 Å². The van der Waals surface area contributed by atoms with E-state index in [1.54, 1.807) is 6.07 Å². The lowest BCUT2D eigenvalue weighted by atomic mass is 9.67. The molecular formula is C15H19Cl2FN2O. The Bertz CT molecular complexity index is 540. The van der Waals surface area contributed by atoms with Gasteiger partial charge in [0.05, 0.1) is 11.1 Å². The molecule has 2 N–H and O–H groups in total. The molecule has 1 aromatic rings. The Morgan fingerprint density at radius 2 is 2.24 bits per heavy atom. The fourth-order valence-corrected chi connectivity index (χ4v) is 3.69. The molecule has 6 heteroatoms. The fourth-order valence-electron chi connectivity index (χ4n) is 3.53. The van der Waals surface area contributed by atoms with Gasteiger partial charge in [-0.1, -0.05) is 24.4 Å². The highest BCUT2D eigenvalue weighted by Gasteiger charge is 2.49. The van der Waals surface area contributed by atoms with Gasteiger partial charge in [0.1, 0.15) is 5.82 Å². The number of anilines is 1. The summed E-state index contributed by atoms with van der Waals surface area (Å²) in [7, 11) is 0. The first kappa shape index (κ1) is 16.5. The number of rotatable bonds is 2. The molecule has 0 aromatic heterocycles. The van der Waals surface area contributed by atoms with Crippen LogP contribution >= 0.6 is 24.0 Å². The van der Waals surface area contributed by atoms with Gasteiger partial charge in [-0.05, 0) is 43.5 Å². The standard InChI is InChI=1S/C15H18ClFN2O.ClH/c16-11-4-5-13(12(17)7-11)19-14(20)15-6-2-1-3-10(15)8-18-9-15;/h4-5,7,10,18H,1-3,6,8-9H2,(H,19,20);1H/t10-,15+;/m0./s1. The summed E-state index contributed by atoms with van der Waals surface area (Å²) in [5.74, 6) is -0.180. The van der Waals surface area contributed by atoms with Gasteiger partial charge >= 0.3 is 0 Å². The molecule has 1 saturated heterocycles. The van der Waals surface area contributed by atoms with E-state index in [9.17, 15) is 9.18 Å². The monoisotopic (exact) mass is 332 g/mol. The minimum absolute atomic E-state index is 0. The molecule has 3 nitrogen and oxygen atoms in total. The molecule has 1 heterocycles. The van der Waals surface area contributed by atoms with Gasteiger partial charge in [0.2, 0.25) is 5.91 Å². The molecule has 116 valence electrons. The molecule has 1 amide bonds. The van der Waals surface area contributed by atoms with E-state index in [4.69, 9.17) is 11.6 Å². The van der Waals surface area contributed by atoms with E-state index in [0.29, 0.717) is 17.5 Å². The highest BCUT2D eigenvalue weighted by molar-refractivity contribution is 6.30. The van der Waals surface area contributed by atoms with Crippen molar-refractivity contribution in [2.24, 2.45) is 11.3 Å². The van der Waals surface area contributed by atoms with Crippen molar-refractivity contribution < 1.29 is 9.18 Å². The van der Waals surface area contributed by atoms with Gasteiger partial charge in [-0.25, -0.2) is 4.39 Å². The molecule has 0 unspecified atom stereocenters. The van der Waals surface area contributed by atoms with Crippen molar-refractivity contribution in [1.29, 1.82) is 0 Å². The van der Waals surface area contributed by atoms with Crippen LogP contribution in [0.3, 0.4) is 0 Å². The number of benzene rings is 1. The summed E-state index contributed by atoms with van der Waals surface area (Å²) in [6.45, 7) is 1.58. The van der Waals surface area contributed by atoms with Crippen molar-refractivity contribution in [3.63, 3.8) is 0 Å². The second kappa shape index (κ2) is 6.51. The molecule has 3 rings (SSSR count). The summed E-state index contributed by atoms with van der Waals surface area (Å²) in [5, 5.41) is 6.41. The molecule has 0 radical (unpaired) electrons. The number of halogens is 3. The lowest BCUT2D eigenvalue weighted by Gasteiger charge is -2.37. The van der Waals surface area contributed by atoms with Crippen molar-refractivity contribution in [2.45, 2.75) is 25.7 Å². The van der Waals surface area contributed by atoms with E-state index in [1.165, 1.54) is 18.6 Å². The van der Waals surface area contributed by atoms with Crippen molar-refractivity contribution in [2.75, 3.05) is 18.4 Å². The van der Waals surface area contributed by atoms with Crippen LogP contribution < -0.4 is 10.6 Å². The molecule has 2 atom stereocenters. The lowest BCUT2D eigenvalue weighted by Crippen LogP contribution is -2.44. The quantitative estimate of drug-likeness (QED) is 0.868. The van der Waals surface area contributed by atoms with Crippen LogP contribution in [0.2, 0.25) is 5.02 Å². The fraction of sp³-hybridized carbons (Fsp3) is 0.533. The average molecular weight is 333 g/mol. The first-order chi connectivity index (χ1) is 9.62. The Labute approximate surface area is 135 Å². The van der Waals surface area contributed by atoms with E-state index >= 15 is 0 Å². The zero-order valence-electron chi connectivity index (χ0n) is 11.6. The molecule has 1 aliphatic heterocycles. The van der Waals surface area contributed by atoms with Crippen molar-refractivity contribution in [1.82, 2.24) is 5.32 Å². The third kappa shape index (κ3) is 3.03. The second-order valence-corrected chi connectivity index (χ2v) is 6.24. The summed E-state index contributed by atoms with van der Waals surface area (Å²) >= 11 is 5.73. The normalized spacial score (nSPS) is 27.6. The Morgan fingerprint density at radius 3 is 3.00 bits per heavy atom. The van der Waals surface area contributed by atoms with Crippen LogP contribution in [0.4, 0.5) is 10.1 Å². The maximum atomic E-state index is 13.8. The SMILES string of the molecule is Cl.O=C(Nc1ccc(Cl)cc1F)[C@@]12CCCC[C@H]1CNC2. The molecule has 1 aromatic carbocycles. The van der Waals surface area contributed by atoms with Crippen LogP contribution in [0.25, 0.3) is 0 Å². The highest BCUT2D eigenvalue weighted by Crippen LogP contribution is 2.44. The van der Waals surface area contributed by atoms with Crippen molar-refractivity contribution >= 4 is 35.6 Å². The summed E-state index contributed by atoms with van der Waals surface area (Å²) in [6, 6.07) is 4.33. The minimum Gasteiger partial charge on any atom is -0.323 e. The largest absolute Gasteiger partial charge is 0.323 e. The maximum absolute atomic E-state index is 13.8. The molecule has 1 saturated carbocycles. The van der Waals surface area contributed by atoms with Crippen LogP contribution in [-0.4, -0.2) is 19.0 Å². The molecule has 2 fully saturated rings. The third-order valence-corrected chi connectivity index (χ3v) is 4.90. The predicted octanol–water partition coefficient (Wildman–Crippen LogP) is 3.62. The number of carbonyl (C=O) groups is 1. The zero-order valence-corrected chi connectivity index (χ0v) is 13.2. The smallest absolute Gasteiger partial charge is 0.232 e. The van der Waals surface area contributed by atoms with Gasteiger partial charge in [0.25, 0.3) is 0 Å². The Kier molecular flexibility index (Phi) is 5.12. The minimum atomic E-state index is -0.486. The van der Waals surface area contributed by atoms with Crippen LogP contribution in [0.5, 0.6) is 0 Å². The van der Waals surface area contributed by atoms with Gasteiger partial charge in [0.15, 0.2) is 0 Å². The predicted molar refractivity (Wildman–Crippen MR) is 84.5 cm³/mol. The van der Waals surface area contributed by atoms with E-state index in [2.05, 4.69) is 10.6 Å². The molecule has 2 aliphatic rings. The summed E-state index contributed by atoms with van der Waals surface area (Å²) in [4.78, 5) is 12.7. The first-order valence-corrected chi connectivity index (χ1v) is 7.47. The van der Waals surface area contributed by atoms with Crippen LogP contribution in [0.1, 0.15) is 25.7 Å². The molecular weight excluding hydrogens is 314 g/mol. The lowest BCUT2D eigenvalue weighted by molar-refractivity contribution is -0.128. The number of nitrogens with one attached hydrogen (secondary N) is 2. The van der Waals surface area contributed by atoms with Gasteiger partial charge in [-0.15, -0.1) is 12.4 Å². The van der Waals surface area contributed by atoms with Crippen LogP contribution in [0, 0.1) is 17.2 Å². The highest BCUT2D eigenvalue weighted by atomic mass is 35.5. The van der Waals surface area contributed by atoms with Gasteiger partial charge in [-0.3, -0.25) is 4.79 Å². The van der Waals surface area contributed by atoms with Crippen LogP contribution in [-0.2, 0) is 4.79 Å². The van der Waals surface area contributed by atoms with Crippen molar-refractivity contribution in [3.8, 4) is 0 Å². The molecule has 0 bridgehead atoms. The Morgan fingerprint density at radius 1 is 1.43 bits per heavy atom. The molecule has 21 heavy (non-hydrogen) atoms. The van der Waals surface area contributed by atoms with Gasteiger partial charge in [-0.2, -0.15) is 0 Å². The molecule has 1 aliphatic carbocycles. The number of fused-ring (bicyclic) bond motifs is 1. The number of hydrogen-bond acceptors (Lipinski definition) is 2. The summed E-state index contributed by atoms with van der Waals surface area (Å²) < 4.78 is 13.8. The third-order valence-electron chi connectivity index (χ3n) is 4.67. The number of hydrogen-bond donors (Lipinski definition) is 2. The average Bonchev–Trinajstić information content (AvgIpc) is 2.87. The summed E-state index contributed by atoms with van der Waals surface area (Å²) in [5.41, 5.74) is -0.158. The zero-order chi connectivity index (χ0) is 14.2. The van der Waals surface area contributed by atoms with E-state index in [1.807, 2.05) is 0 Å². The number of amides is 1.